The number of halogens is 3. The third kappa shape index (κ3) is 8.99. The number of nitrogens with one attached hydrogen (secondary N) is 2. The fourth-order valence-corrected chi connectivity index (χ4v) is 4.83. The van der Waals surface area contributed by atoms with Gasteiger partial charge in [0.05, 0.1) is 6.04 Å². The molecule has 6 heteroatoms. The van der Waals surface area contributed by atoms with Crippen LogP contribution in [-0.2, 0) is 4.79 Å². The second-order valence-corrected chi connectivity index (χ2v) is 9.77. The van der Waals surface area contributed by atoms with E-state index in [9.17, 15) is 13.6 Å². The summed E-state index contributed by atoms with van der Waals surface area (Å²) in [6.45, 7) is 4.89. The Morgan fingerprint density at radius 1 is 0.912 bits per heavy atom. The van der Waals surface area contributed by atoms with Crippen molar-refractivity contribution in [1.29, 1.82) is 0 Å². The van der Waals surface area contributed by atoms with Crippen LogP contribution in [0.4, 0.5) is 8.78 Å². The van der Waals surface area contributed by atoms with Crippen molar-refractivity contribution in [3.63, 3.8) is 0 Å². The van der Waals surface area contributed by atoms with E-state index in [1.165, 1.54) is 43.5 Å². The van der Waals surface area contributed by atoms with Crippen molar-refractivity contribution in [1.82, 2.24) is 10.6 Å². The van der Waals surface area contributed by atoms with Crippen molar-refractivity contribution in [2.24, 2.45) is 5.92 Å². The molecule has 0 bridgehead atoms. The molecule has 0 aliphatic heterocycles. The first-order chi connectivity index (χ1) is 15.9. The minimum Gasteiger partial charge on any atom is -0.355 e. The molecule has 0 aromatic heterocycles. The maximum Gasteiger partial charge on any atom is 0.237 e. The van der Waals surface area contributed by atoms with Gasteiger partial charge in [0, 0.05) is 18.5 Å². The molecule has 2 aromatic carbocycles. The summed E-state index contributed by atoms with van der Waals surface area (Å²) in [6, 6.07) is 13.3. The lowest BCUT2D eigenvalue weighted by molar-refractivity contribution is -0.123. The van der Waals surface area contributed by atoms with Crippen LogP contribution in [0.1, 0.15) is 82.3 Å². The number of hydrogen-bond donors (Lipinski definition) is 2. The average molecular weight is 493 g/mol. The minimum absolute atomic E-state index is 0. The van der Waals surface area contributed by atoms with E-state index in [0.717, 1.165) is 43.2 Å². The van der Waals surface area contributed by atoms with E-state index >= 15 is 0 Å². The van der Waals surface area contributed by atoms with Gasteiger partial charge in [0.2, 0.25) is 5.91 Å². The highest BCUT2D eigenvalue weighted by Gasteiger charge is 2.24. The summed E-state index contributed by atoms with van der Waals surface area (Å²) in [6.07, 6.45) is 8.46. The first kappa shape index (κ1) is 28.3. The Bertz CT molecular complexity index is 806. The summed E-state index contributed by atoms with van der Waals surface area (Å²) in [5.74, 6) is -0.00135. The molecule has 0 radical (unpaired) electrons. The van der Waals surface area contributed by atoms with E-state index in [0.29, 0.717) is 18.5 Å². The van der Waals surface area contributed by atoms with E-state index in [1.54, 1.807) is 24.3 Å². The number of rotatable bonds is 11. The lowest BCUT2D eigenvalue weighted by Crippen LogP contribution is -2.49. The molecular weight excluding hydrogens is 454 g/mol. The third-order valence-corrected chi connectivity index (χ3v) is 6.58. The average Bonchev–Trinajstić information content (AvgIpc) is 2.80. The van der Waals surface area contributed by atoms with Crippen molar-refractivity contribution in [3.05, 3.63) is 71.3 Å². The Morgan fingerprint density at radius 2 is 1.44 bits per heavy atom. The zero-order valence-electron chi connectivity index (χ0n) is 20.4. The van der Waals surface area contributed by atoms with E-state index < -0.39 is 0 Å². The molecule has 0 spiro atoms. The highest BCUT2D eigenvalue weighted by atomic mass is 35.5. The number of carbonyl (C=O) groups is 1. The molecular formula is C28H39ClF2N2O. The molecule has 3 rings (SSSR count). The Labute approximate surface area is 209 Å². The van der Waals surface area contributed by atoms with Crippen LogP contribution >= 0.6 is 12.4 Å². The quantitative estimate of drug-likeness (QED) is 0.340. The van der Waals surface area contributed by atoms with Crippen LogP contribution in [0.3, 0.4) is 0 Å². The summed E-state index contributed by atoms with van der Waals surface area (Å²) in [7, 11) is 0. The van der Waals surface area contributed by atoms with Gasteiger partial charge in [-0.25, -0.2) is 8.78 Å². The predicted octanol–water partition coefficient (Wildman–Crippen LogP) is 6.75. The molecule has 0 saturated heterocycles. The van der Waals surface area contributed by atoms with E-state index in [2.05, 4.69) is 24.5 Å². The van der Waals surface area contributed by atoms with Crippen LogP contribution in [0, 0.1) is 17.6 Å². The third-order valence-electron chi connectivity index (χ3n) is 6.58. The van der Waals surface area contributed by atoms with Gasteiger partial charge in [-0.1, -0.05) is 57.4 Å². The first-order valence-electron chi connectivity index (χ1n) is 12.5. The van der Waals surface area contributed by atoms with Crippen LogP contribution in [-0.4, -0.2) is 24.5 Å². The van der Waals surface area contributed by atoms with Crippen LogP contribution in [0.5, 0.6) is 0 Å². The van der Waals surface area contributed by atoms with Crippen molar-refractivity contribution < 1.29 is 13.6 Å². The number of amides is 1. The van der Waals surface area contributed by atoms with Crippen LogP contribution in [0.25, 0.3) is 0 Å². The molecule has 1 saturated carbocycles. The van der Waals surface area contributed by atoms with Gasteiger partial charge in [-0.2, -0.15) is 0 Å². The van der Waals surface area contributed by atoms with E-state index in [4.69, 9.17) is 0 Å². The van der Waals surface area contributed by atoms with Gasteiger partial charge in [0.25, 0.3) is 0 Å². The molecule has 2 aromatic rings. The monoisotopic (exact) mass is 492 g/mol. The Morgan fingerprint density at radius 3 is 1.94 bits per heavy atom. The smallest absolute Gasteiger partial charge is 0.237 e. The molecule has 0 heterocycles. The van der Waals surface area contributed by atoms with Crippen LogP contribution in [0.15, 0.2) is 48.5 Å². The van der Waals surface area contributed by atoms with Crippen molar-refractivity contribution in [2.45, 2.75) is 83.2 Å². The predicted molar refractivity (Wildman–Crippen MR) is 137 cm³/mol. The number of benzene rings is 2. The van der Waals surface area contributed by atoms with Gasteiger partial charge in [-0.3, -0.25) is 4.79 Å². The van der Waals surface area contributed by atoms with Gasteiger partial charge in [-0.15, -0.1) is 12.4 Å². The molecule has 34 heavy (non-hydrogen) atoms. The van der Waals surface area contributed by atoms with Gasteiger partial charge in [-0.05, 0) is 73.4 Å². The molecule has 1 aliphatic rings. The molecule has 2 N–H and O–H groups in total. The second-order valence-electron chi connectivity index (χ2n) is 9.77. The summed E-state index contributed by atoms with van der Waals surface area (Å²) in [5.41, 5.74) is 1.98. The van der Waals surface area contributed by atoms with Gasteiger partial charge in [0.15, 0.2) is 0 Å². The lowest BCUT2D eigenvalue weighted by Gasteiger charge is -2.29. The highest BCUT2D eigenvalue weighted by molar-refractivity contribution is 5.85. The maximum absolute atomic E-state index is 13.4. The number of carbonyl (C=O) groups excluding carboxylic acids is 1. The van der Waals surface area contributed by atoms with E-state index in [-0.39, 0.29) is 41.9 Å². The van der Waals surface area contributed by atoms with Crippen molar-refractivity contribution in [2.75, 3.05) is 6.54 Å². The largest absolute Gasteiger partial charge is 0.355 e. The van der Waals surface area contributed by atoms with Crippen LogP contribution in [0.2, 0.25) is 0 Å². The number of hydrogen-bond acceptors (Lipinski definition) is 2. The Kier molecular flexibility index (Phi) is 12.0. The molecule has 1 atom stereocenters. The summed E-state index contributed by atoms with van der Waals surface area (Å²) in [4.78, 5) is 13.0. The summed E-state index contributed by atoms with van der Waals surface area (Å²) >= 11 is 0. The summed E-state index contributed by atoms with van der Waals surface area (Å²) in [5, 5.41) is 6.75. The molecule has 1 fully saturated rings. The SMILES string of the molecule is CC(C)C[C@H](NC1CCCCC1)C(=O)NCCCC(c1ccc(F)cc1)c1ccc(F)cc1.Cl. The van der Waals surface area contributed by atoms with E-state index in [1.807, 2.05) is 0 Å². The normalized spacial score (nSPS) is 15.2. The highest BCUT2D eigenvalue weighted by Crippen LogP contribution is 2.29. The Balaban J connectivity index is 0.00000408. The molecule has 188 valence electrons. The first-order valence-corrected chi connectivity index (χ1v) is 12.5. The van der Waals surface area contributed by atoms with Crippen molar-refractivity contribution in [3.8, 4) is 0 Å². The molecule has 1 aliphatic carbocycles. The minimum atomic E-state index is -0.273. The lowest BCUT2D eigenvalue weighted by atomic mass is 9.87. The second kappa shape index (κ2) is 14.4. The topological polar surface area (TPSA) is 41.1 Å². The fourth-order valence-electron chi connectivity index (χ4n) is 4.83. The fraction of sp³-hybridized carbons (Fsp3) is 0.536. The van der Waals surface area contributed by atoms with Gasteiger partial charge >= 0.3 is 0 Å². The molecule has 1 amide bonds. The zero-order valence-corrected chi connectivity index (χ0v) is 21.2. The zero-order chi connectivity index (χ0) is 23.6. The summed E-state index contributed by atoms with van der Waals surface area (Å²) < 4.78 is 26.9. The van der Waals surface area contributed by atoms with Gasteiger partial charge in [0.1, 0.15) is 11.6 Å². The van der Waals surface area contributed by atoms with Crippen molar-refractivity contribution >= 4 is 18.3 Å². The Hall–Kier alpha value is -1.98. The standard InChI is InChI=1S/C28H38F2N2O.ClH/c1-20(2)19-27(32-25-7-4-3-5-8-25)28(33)31-18-6-9-26(21-10-14-23(29)15-11-21)22-12-16-24(30)17-13-22;/h10-17,20,25-27,32H,3-9,18-19H2,1-2H3,(H,31,33);1H/t27-;/m0./s1. The maximum atomic E-state index is 13.4. The molecule has 0 unspecified atom stereocenters. The van der Waals surface area contributed by atoms with Gasteiger partial charge < -0.3 is 10.6 Å². The van der Waals surface area contributed by atoms with Crippen LogP contribution < -0.4 is 10.6 Å². The molecule has 3 nitrogen and oxygen atoms in total.